The van der Waals surface area contributed by atoms with Crippen LogP contribution in [0.25, 0.3) is 0 Å². The van der Waals surface area contributed by atoms with E-state index in [1.165, 1.54) is 24.1 Å². The van der Waals surface area contributed by atoms with Crippen LogP contribution in [-0.2, 0) is 27.4 Å². The number of carbonyl (C=O) groups is 3. The molecule has 1 spiro atoms. The molecule has 2 aromatic rings. The standard InChI is InChI=1S/C25H26FN3O5/c1-34-23(32)18-6-2-17(3-7-18)12-28-22(31)21-10-20(30)13-29(21)25(24(28)33)14-27(15-25)11-16-4-8-19(26)9-5-16/h2-9,20-21,30H,10-15H2,1H3/t20-,21+/m1/s1. The highest BCUT2D eigenvalue weighted by atomic mass is 19.1. The molecule has 9 heteroatoms. The van der Waals surface area contributed by atoms with E-state index in [0.29, 0.717) is 31.6 Å². The Hall–Kier alpha value is -3.14. The number of imide groups is 1. The number of halogens is 1. The third kappa shape index (κ3) is 3.79. The van der Waals surface area contributed by atoms with Crippen molar-refractivity contribution in [2.45, 2.75) is 37.2 Å². The van der Waals surface area contributed by atoms with E-state index in [-0.39, 0.29) is 30.7 Å². The van der Waals surface area contributed by atoms with Gasteiger partial charge in [0.05, 0.1) is 31.4 Å². The van der Waals surface area contributed by atoms with Crippen LogP contribution in [0.15, 0.2) is 48.5 Å². The number of hydrogen-bond acceptors (Lipinski definition) is 7. The van der Waals surface area contributed by atoms with E-state index in [9.17, 15) is 23.9 Å². The fraction of sp³-hybridized carbons (Fsp3) is 0.400. The van der Waals surface area contributed by atoms with E-state index in [4.69, 9.17) is 4.74 Å². The molecular weight excluding hydrogens is 441 g/mol. The van der Waals surface area contributed by atoms with Gasteiger partial charge in [-0.25, -0.2) is 9.18 Å². The van der Waals surface area contributed by atoms with Crippen LogP contribution < -0.4 is 0 Å². The zero-order valence-corrected chi connectivity index (χ0v) is 18.8. The monoisotopic (exact) mass is 467 g/mol. The topological polar surface area (TPSA) is 90.4 Å². The van der Waals surface area contributed by atoms with Crippen LogP contribution in [0, 0.1) is 5.82 Å². The lowest BCUT2D eigenvalue weighted by Gasteiger charge is -2.58. The van der Waals surface area contributed by atoms with Gasteiger partial charge in [-0.05, 0) is 41.8 Å². The van der Waals surface area contributed by atoms with Gasteiger partial charge in [-0.2, -0.15) is 0 Å². The molecule has 3 fully saturated rings. The Morgan fingerprint density at radius 2 is 1.68 bits per heavy atom. The Kier molecular flexibility index (Phi) is 5.71. The highest BCUT2D eigenvalue weighted by molar-refractivity contribution is 6.06. The lowest BCUT2D eigenvalue weighted by molar-refractivity contribution is -0.181. The number of aliphatic hydroxyl groups excluding tert-OH is 1. The molecule has 3 heterocycles. The molecule has 2 amide bonds. The van der Waals surface area contributed by atoms with E-state index >= 15 is 0 Å². The minimum absolute atomic E-state index is 0.0965. The van der Waals surface area contributed by atoms with E-state index in [1.807, 2.05) is 4.90 Å². The van der Waals surface area contributed by atoms with E-state index in [0.717, 1.165) is 11.1 Å². The quantitative estimate of drug-likeness (QED) is 0.522. The van der Waals surface area contributed by atoms with Crippen molar-refractivity contribution in [3.63, 3.8) is 0 Å². The second-order valence-corrected chi connectivity index (χ2v) is 9.28. The summed E-state index contributed by atoms with van der Waals surface area (Å²) in [6.07, 6.45) is -0.368. The number of carbonyl (C=O) groups excluding carboxylic acids is 3. The predicted molar refractivity (Wildman–Crippen MR) is 119 cm³/mol. The number of amides is 2. The molecule has 0 unspecified atom stereocenters. The maximum absolute atomic E-state index is 13.7. The summed E-state index contributed by atoms with van der Waals surface area (Å²) in [4.78, 5) is 43.9. The van der Waals surface area contributed by atoms with Gasteiger partial charge in [0, 0.05) is 26.2 Å². The van der Waals surface area contributed by atoms with Gasteiger partial charge in [0.2, 0.25) is 5.91 Å². The summed E-state index contributed by atoms with van der Waals surface area (Å²) >= 11 is 0. The van der Waals surface area contributed by atoms with Crippen molar-refractivity contribution in [2.24, 2.45) is 0 Å². The van der Waals surface area contributed by atoms with Crippen molar-refractivity contribution < 1.29 is 28.6 Å². The van der Waals surface area contributed by atoms with Crippen LogP contribution in [0.4, 0.5) is 4.39 Å². The molecule has 0 aromatic heterocycles. The summed E-state index contributed by atoms with van der Waals surface area (Å²) in [6, 6.07) is 12.3. The number of rotatable bonds is 5. The van der Waals surface area contributed by atoms with Gasteiger partial charge in [-0.15, -0.1) is 0 Å². The summed E-state index contributed by atoms with van der Waals surface area (Å²) in [5, 5.41) is 10.3. The molecule has 0 aliphatic carbocycles. The Balaban J connectivity index is 1.36. The van der Waals surface area contributed by atoms with Gasteiger partial charge in [0.15, 0.2) is 0 Å². The smallest absolute Gasteiger partial charge is 0.337 e. The van der Waals surface area contributed by atoms with Gasteiger partial charge >= 0.3 is 5.97 Å². The van der Waals surface area contributed by atoms with Gasteiger partial charge in [0.25, 0.3) is 5.91 Å². The second-order valence-electron chi connectivity index (χ2n) is 9.28. The summed E-state index contributed by atoms with van der Waals surface area (Å²) < 4.78 is 17.9. The second kappa shape index (κ2) is 8.57. The van der Waals surface area contributed by atoms with Crippen LogP contribution in [0.5, 0.6) is 0 Å². The molecule has 0 saturated carbocycles. The number of esters is 1. The van der Waals surface area contributed by atoms with Crippen molar-refractivity contribution in [3.8, 4) is 0 Å². The third-order valence-corrected chi connectivity index (χ3v) is 7.03. The van der Waals surface area contributed by atoms with Crippen LogP contribution >= 0.6 is 0 Å². The van der Waals surface area contributed by atoms with Crippen LogP contribution in [0.1, 0.15) is 27.9 Å². The first kappa shape index (κ1) is 22.6. The Morgan fingerprint density at radius 3 is 2.32 bits per heavy atom. The van der Waals surface area contributed by atoms with Gasteiger partial charge < -0.3 is 9.84 Å². The first-order valence-corrected chi connectivity index (χ1v) is 11.3. The number of ether oxygens (including phenoxy) is 1. The molecular formula is C25H26FN3O5. The number of β-amino-alcohol motifs (C(OH)–C–C–N with tert-alkyl or cyclic N) is 1. The number of fused-ring (bicyclic) bond motifs is 2. The minimum Gasteiger partial charge on any atom is -0.465 e. The molecule has 34 heavy (non-hydrogen) atoms. The fourth-order valence-corrected chi connectivity index (χ4v) is 5.34. The number of methoxy groups -OCH3 is 1. The molecule has 8 nitrogen and oxygen atoms in total. The van der Waals surface area contributed by atoms with Crippen molar-refractivity contribution in [1.29, 1.82) is 0 Å². The zero-order chi connectivity index (χ0) is 24.0. The number of likely N-dealkylation sites (tertiary alicyclic amines) is 1. The number of hydrogen-bond donors (Lipinski definition) is 1. The van der Waals surface area contributed by atoms with E-state index < -0.39 is 23.7 Å². The average molecular weight is 467 g/mol. The van der Waals surface area contributed by atoms with Crippen LogP contribution in [0.3, 0.4) is 0 Å². The molecule has 178 valence electrons. The lowest BCUT2D eigenvalue weighted by atomic mass is 9.82. The molecule has 3 aliphatic rings. The molecule has 0 bridgehead atoms. The molecule has 2 atom stereocenters. The first-order chi connectivity index (χ1) is 16.3. The fourth-order valence-electron chi connectivity index (χ4n) is 5.34. The van der Waals surface area contributed by atoms with Gasteiger partial charge in [0.1, 0.15) is 11.4 Å². The summed E-state index contributed by atoms with van der Waals surface area (Å²) in [5.74, 6) is -1.33. The van der Waals surface area contributed by atoms with Crippen molar-refractivity contribution >= 4 is 17.8 Å². The number of nitrogens with zero attached hydrogens (tertiary/aromatic N) is 3. The third-order valence-electron chi connectivity index (χ3n) is 7.03. The largest absolute Gasteiger partial charge is 0.465 e. The van der Waals surface area contributed by atoms with Gasteiger partial charge in [-0.1, -0.05) is 24.3 Å². The molecule has 2 aromatic carbocycles. The SMILES string of the molecule is COC(=O)c1ccc(CN2C(=O)[C@@H]3C[C@@H](O)CN3C3(CN(Cc4ccc(F)cc4)C3)C2=O)cc1. The molecule has 1 N–H and O–H groups in total. The highest BCUT2D eigenvalue weighted by Gasteiger charge is 2.64. The summed E-state index contributed by atoms with van der Waals surface area (Å²) in [5.41, 5.74) is 1.18. The Bertz CT molecular complexity index is 1110. The minimum atomic E-state index is -0.873. The highest BCUT2D eigenvalue weighted by Crippen LogP contribution is 2.41. The van der Waals surface area contributed by atoms with Gasteiger partial charge in [-0.3, -0.25) is 24.3 Å². The molecule has 0 radical (unpaired) electrons. The predicted octanol–water partition coefficient (Wildman–Crippen LogP) is 1.17. The normalized spacial score (nSPS) is 24.3. The summed E-state index contributed by atoms with van der Waals surface area (Å²) in [6.45, 7) is 1.81. The maximum Gasteiger partial charge on any atom is 0.337 e. The molecule has 3 saturated heterocycles. The van der Waals surface area contributed by atoms with Crippen molar-refractivity contribution in [1.82, 2.24) is 14.7 Å². The molecule has 3 aliphatic heterocycles. The zero-order valence-electron chi connectivity index (χ0n) is 18.8. The van der Waals surface area contributed by atoms with E-state index in [2.05, 4.69) is 4.90 Å². The van der Waals surface area contributed by atoms with E-state index in [1.54, 1.807) is 36.4 Å². The lowest BCUT2D eigenvalue weighted by Crippen LogP contribution is -2.81. The number of aliphatic hydroxyl groups is 1. The van der Waals surface area contributed by atoms with Crippen LogP contribution in [-0.4, -0.2) is 82.0 Å². The number of piperazine rings is 1. The van der Waals surface area contributed by atoms with Crippen molar-refractivity contribution in [3.05, 3.63) is 71.0 Å². The van der Waals surface area contributed by atoms with Crippen LogP contribution in [0.2, 0.25) is 0 Å². The number of benzene rings is 2. The summed E-state index contributed by atoms with van der Waals surface area (Å²) in [7, 11) is 1.31. The first-order valence-electron chi connectivity index (χ1n) is 11.3. The maximum atomic E-state index is 13.7. The Labute approximate surface area is 196 Å². The van der Waals surface area contributed by atoms with Crippen molar-refractivity contribution in [2.75, 3.05) is 26.7 Å². The Morgan fingerprint density at radius 1 is 1.06 bits per heavy atom. The molecule has 5 rings (SSSR count). The average Bonchev–Trinajstić information content (AvgIpc) is 3.21.